The standard InChI is InChI=1S/C22H43N9O2/c1-3-33-20-7-18-14(13-30(2)29-18)6-17(20)21(32)28-16-10-25-22(26-11-16)24-8-15-9-27-31-5-4-23-12-19(15)31/h14-20,22-27,29H,3-13H2,1-2H3,(H,28,32). The Kier molecular flexibility index (Phi) is 7.80. The van der Waals surface area contributed by atoms with Crippen LogP contribution in [-0.4, -0.2) is 112 Å². The maximum atomic E-state index is 13.2. The molecule has 7 N–H and O–H groups in total. The molecule has 4 heterocycles. The predicted molar refractivity (Wildman–Crippen MR) is 126 cm³/mol. The summed E-state index contributed by atoms with van der Waals surface area (Å²) in [6.07, 6.45) is 1.86. The van der Waals surface area contributed by atoms with E-state index in [2.05, 4.69) is 54.5 Å². The Morgan fingerprint density at radius 2 is 2.00 bits per heavy atom. The van der Waals surface area contributed by atoms with Crippen molar-refractivity contribution in [2.75, 3.05) is 66.0 Å². The van der Waals surface area contributed by atoms with Crippen molar-refractivity contribution in [1.82, 2.24) is 47.5 Å². The summed E-state index contributed by atoms with van der Waals surface area (Å²) >= 11 is 0. The molecule has 0 spiro atoms. The van der Waals surface area contributed by atoms with E-state index in [9.17, 15) is 4.79 Å². The molecule has 5 rings (SSSR count). The first-order valence-corrected chi connectivity index (χ1v) is 12.9. The van der Waals surface area contributed by atoms with Gasteiger partial charge in [-0.1, -0.05) is 0 Å². The summed E-state index contributed by atoms with van der Waals surface area (Å²) in [5.74, 6) is 1.17. The van der Waals surface area contributed by atoms with Gasteiger partial charge in [0, 0.05) is 84.0 Å². The van der Waals surface area contributed by atoms with Crippen LogP contribution in [0.4, 0.5) is 0 Å². The smallest absolute Gasteiger partial charge is 0.226 e. The topological polar surface area (TPSA) is 117 Å². The number of ether oxygens (including phenoxy) is 1. The number of nitrogens with zero attached hydrogens (tertiary/aromatic N) is 2. The average Bonchev–Trinajstić information content (AvgIpc) is 3.40. The Morgan fingerprint density at radius 1 is 1.15 bits per heavy atom. The van der Waals surface area contributed by atoms with Gasteiger partial charge in [-0.3, -0.25) is 31.6 Å². The van der Waals surface area contributed by atoms with Crippen LogP contribution in [0.1, 0.15) is 19.8 Å². The number of rotatable bonds is 7. The number of hydrogen-bond donors (Lipinski definition) is 7. The largest absolute Gasteiger partial charge is 0.378 e. The maximum absolute atomic E-state index is 13.2. The van der Waals surface area contributed by atoms with Crippen molar-refractivity contribution >= 4 is 5.91 Å². The molecule has 11 nitrogen and oxygen atoms in total. The summed E-state index contributed by atoms with van der Waals surface area (Å²) in [4.78, 5) is 13.2. The molecule has 4 saturated heterocycles. The normalized spacial score (nSPS) is 42.1. The number of nitrogens with one attached hydrogen (secondary N) is 7. The van der Waals surface area contributed by atoms with Crippen LogP contribution < -0.4 is 37.4 Å². The lowest BCUT2D eigenvalue weighted by Crippen LogP contribution is -2.66. The molecule has 1 amide bonds. The van der Waals surface area contributed by atoms with Gasteiger partial charge in [-0.2, -0.15) is 0 Å². The lowest BCUT2D eigenvalue weighted by molar-refractivity contribution is -0.134. The molecule has 33 heavy (non-hydrogen) atoms. The average molecular weight is 466 g/mol. The second-order valence-electron chi connectivity index (χ2n) is 10.4. The van der Waals surface area contributed by atoms with Gasteiger partial charge in [0.2, 0.25) is 5.91 Å². The third-order valence-corrected chi connectivity index (χ3v) is 8.12. The zero-order valence-electron chi connectivity index (χ0n) is 20.1. The maximum Gasteiger partial charge on any atom is 0.226 e. The number of hydrazine groups is 2. The molecule has 1 aliphatic carbocycles. The first-order chi connectivity index (χ1) is 16.1. The second kappa shape index (κ2) is 10.8. The van der Waals surface area contributed by atoms with E-state index in [0.717, 1.165) is 65.2 Å². The lowest BCUT2D eigenvalue weighted by Gasteiger charge is -2.38. The van der Waals surface area contributed by atoms with Gasteiger partial charge in [-0.25, -0.2) is 10.0 Å². The van der Waals surface area contributed by atoms with Crippen molar-refractivity contribution in [3.63, 3.8) is 0 Å². The van der Waals surface area contributed by atoms with E-state index in [1.165, 1.54) is 0 Å². The van der Waals surface area contributed by atoms with E-state index in [-0.39, 0.29) is 30.3 Å². The van der Waals surface area contributed by atoms with Crippen molar-refractivity contribution in [3.05, 3.63) is 0 Å². The van der Waals surface area contributed by atoms with Gasteiger partial charge in [0.05, 0.1) is 18.1 Å². The highest BCUT2D eigenvalue weighted by Crippen LogP contribution is 2.35. The van der Waals surface area contributed by atoms with Crippen molar-refractivity contribution in [3.8, 4) is 0 Å². The molecule has 0 aromatic carbocycles. The summed E-state index contributed by atoms with van der Waals surface area (Å²) in [5.41, 5.74) is 7.06. The molecule has 11 heteroatoms. The Morgan fingerprint density at radius 3 is 2.82 bits per heavy atom. The van der Waals surface area contributed by atoms with E-state index in [1.807, 2.05) is 6.92 Å². The molecule has 6 unspecified atom stereocenters. The molecule has 0 radical (unpaired) electrons. The van der Waals surface area contributed by atoms with Crippen molar-refractivity contribution in [1.29, 1.82) is 0 Å². The molecule has 5 fully saturated rings. The van der Waals surface area contributed by atoms with Crippen LogP contribution in [0.25, 0.3) is 0 Å². The van der Waals surface area contributed by atoms with Crippen molar-refractivity contribution < 1.29 is 9.53 Å². The van der Waals surface area contributed by atoms with Crippen molar-refractivity contribution in [2.45, 2.75) is 50.3 Å². The fourth-order valence-electron chi connectivity index (χ4n) is 6.38. The summed E-state index contributed by atoms with van der Waals surface area (Å²) in [7, 11) is 2.08. The van der Waals surface area contributed by atoms with Gasteiger partial charge >= 0.3 is 0 Å². The summed E-state index contributed by atoms with van der Waals surface area (Å²) in [6.45, 7) is 10.4. The van der Waals surface area contributed by atoms with E-state index in [0.29, 0.717) is 30.5 Å². The lowest BCUT2D eigenvalue weighted by atomic mass is 9.76. The number of fused-ring (bicyclic) bond motifs is 2. The number of carbonyl (C=O) groups excluding carboxylic acids is 1. The molecule has 1 saturated carbocycles. The summed E-state index contributed by atoms with van der Waals surface area (Å²) in [6, 6.07) is 1.07. The highest BCUT2D eigenvalue weighted by atomic mass is 16.5. The molecular weight excluding hydrogens is 422 g/mol. The molecule has 6 atom stereocenters. The van der Waals surface area contributed by atoms with Gasteiger partial charge in [0.25, 0.3) is 0 Å². The van der Waals surface area contributed by atoms with E-state index in [4.69, 9.17) is 4.74 Å². The van der Waals surface area contributed by atoms with Crippen LogP contribution >= 0.6 is 0 Å². The Bertz CT molecular complexity index is 662. The van der Waals surface area contributed by atoms with Gasteiger partial charge in [0.1, 0.15) is 6.29 Å². The van der Waals surface area contributed by atoms with E-state index in [1.54, 1.807) is 0 Å². The van der Waals surface area contributed by atoms with Crippen molar-refractivity contribution in [2.24, 2.45) is 17.8 Å². The van der Waals surface area contributed by atoms with Gasteiger partial charge < -0.3 is 15.4 Å². The summed E-state index contributed by atoms with van der Waals surface area (Å²) in [5, 5.41) is 22.0. The SMILES string of the molecule is CCOC1CC2NN(C)CC2CC1C(=O)NC1CNC(NCC2CNN3CCNCC23)NC1. The molecule has 4 aliphatic heterocycles. The zero-order valence-corrected chi connectivity index (χ0v) is 20.1. The molecule has 0 bridgehead atoms. The molecule has 5 aliphatic rings. The minimum Gasteiger partial charge on any atom is -0.378 e. The number of hydrogen-bond acceptors (Lipinski definition) is 10. The minimum atomic E-state index is -0.0720. The number of amides is 1. The third-order valence-electron chi connectivity index (χ3n) is 8.12. The Balaban J connectivity index is 1.06. The zero-order chi connectivity index (χ0) is 22.8. The minimum absolute atomic E-state index is 0.0111. The summed E-state index contributed by atoms with van der Waals surface area (Å²) < 4.78 is 6.01. The molecule has 0 aromatic rings. The molecular formula is C22H43N9O2. The van der Waals surface area contributed by atoms with Gasteiger partial charge in [0.15, 0.2) is 0 Å². The van der Waals surface area contributed by atoms with Gasteiger partial charge in [-0.15, -0.1) is 0 Å². The van der Waals surface area contributed by atoms with Crippen LogP contribution in [0, 0.1) is 17.8 Å². The molecule has 0 aromatic heterocycles. The number of carbonyl (C=O) groups is 1. The third kappa shape index (κ3) is 5.52. The van der Waals surface area contributed by atoms with Crippen LogP contribution in [0.2, 0.25) is 0 Å². The fraction of sp³-hybridized carbons (Fsp3) is 0.955. The van der Waals surface area contributed by atoms with E-state index >= 15 is 0 Å². The van der Waals surface area contributed by atoms with Crippen LogP contribution in [0.15, 0.2) is 0 Å². The van der Waals surface area contributed by atoms with Gasteiger partial charge in [-0.05, 0) is 25.7 Å². The van der Waals surface area contributed by atoms with Crippen LogP contribution in [-0.2, 0) is 9.53 Å². The van der Waals surface area contributed by atoms with E-state index < -0.39 is 0 Å². The quantitative estimate of drug-likeness (QED) is 0.213. The van der Waals surface area contributed by atoms with Crippen LogP contribution in [0.3, 0.4) is 0 Å². The Hall–Kier alpha value is -0.890. The first-order valence-electron chi connectivity index (χ1n) is 12.9. The Labute approximate surface area is 197 Å². The monoisotopic (exact) mass is 465 g/mol. The van der Waals surface area contributed by atoms with Crippen LogP contribution in [0.5, 0.6) is 0 Å². The molecule has 188 valence electrons. The highest BCUT2D eigenvalue weighted by Gasteiger charge is 2.45. The second-order valence-corrected chi connectivity index (χ2v) is 10.4. The first kappa shape index (κ1) is 23.8. The fourth-order valence-corrected chi connectivity index (χ4v) is 6.38. The number of piperazine rings is 1. The highest BCUT2D eigenvalue weighted by molar-refractivity contribution is 5.80. The predicted octanol–water partition coefficient (Wildman–Crippen LogP) is -2.80.